The Hall–Kier alpha value is -2.05. The van der Waals surface area contributed by atoms with Crippen molar-refractivity contribution in [2.75, 3.05) is 17.6 Å². The Labute approximate surface area is 140 Å². The molecule has 0 unspecified atom stereocenters. The number of rotatable bonds is 6. The first-order chi connectivity index (χ1) is 10.9. The van der Waals surface area contributed by atoms with Gasteiger partial charge in [-0.25, -0.2) is 13.2 Å². The number of hydrogen-bond donors (Lipinski definition) is 1. The minimum absolute atomic E-state index is 0.0878. The summed E-state index contributed by atoms with van der Waals surface area (Å²) >= 11 is 6.02. The van der Waals surface area contributed by atoms with E-state index in [9.17, 15) is 13.2 Å². The maximum Gasteiger partial charge on any atom is 0.337 e. The van der Waals surface area contributed by atoms with Crippen LogP contribution in [0.5, 0.6) is 0 Å². The first-order valence-corrected chi connectivity index (χ1v) is 8.86. The van der Waals surface area contributed by atoms with E-state index in [0.717, 1.165) is 5.56 Å². The second-order valence-corrected chi connectivity index (χ2v) is 7.08. The van der Waals surface area contributed by atoms with Crippen molar-refractivity contribution < 1.29 is 17.9 Å². The Morgan fingerprint density at radius 2 is 1.78 bits per heavy atom. The van der Waals surface area contributed by atoms with Crippen LogP contribution in [0.1, 0.15) is 15.9 Å². The van der Waals surface area contributed by atoms with Gasteiger partial charge in [-0.15, -0.1) is 0 Å². The fourth-order valence-electron chi connectivity index (χ4n) is 1.97. The zero-order valence-corrected chi connectivity index (χ0v) is 14.0. The van der Waals surface area contributed by atoms with E-state index in [2.05, 4.69) is 9.46 Å². The maximum absolute atomic E-state index is 12.1. The number of halogens is 1. The number of carbonyl (C=O) groups excluding carboxylic acids is 1. The van der Waals surface area contributed by atoms with Crippen LogP contribution in [0.4, 0.5) is 5.69 Å². The fourth-order valence-corrected chi connectivity index (χ4v) is 3.28. The summed E-state index contributed by atoms with van der Waals surface area (Å²) in [5.74, 6) is -0.562. The van der Waals surface area contributed by atoms with E-state index in [-0.39, 0.29) is 5.75 Å². The Morgan fingerprint density at radius 3 is 2.39 bits per heavy atom. The largest absolute Gasteiger partial charge is 0.465 e. The topological polar surface area (TPSA) is 72.5 Å². The van der Waals surface area contributed by atoms with E-state index < -0.39 is 16.0 Å². The molecule has 2 aromatic carbocycles. The number of ether oxygens (including phenoxy) is 1. The van der Waals surface area contributed by atoms with Gasteiger partial charge in [0.05, 0.1) is 18.4 Å². The highest BCUT2D eigenvalue weighted by molar-refractivity contribution is 7.92. The number of anilines is 1. The van der Waals surface area contributed by atoms with Gasteiger partial charge >= 0.3 is 5.97 Å². The van der Waals surface area contributed by atoms with E-state index in [4.69, 9.17) is 11.6 Å². The van der Waals surface area contributed by atoms with E-state index in [1.54, 1.807) is 18.2 Å². The van der Waals surface area contributed by atoms with Gasteiger partial charge < -0.3 is 4.74 Å². The maximum atomic E-state index is 12.1. The number of hydrogen-bond acceptors (Lipinski definition) is 4. The number of carbonyl (C=O) groups is 1. The van der Waals surface area contributed by atoms with Crippen LogP contribution in [0.3, 0.4) is 0 Å². The molecular formula is C16H16ClNO4S. The smallest absolute Gasteiger partial charge is 0.337 e. The SMILES string of the molecule is COC(=O)c1ccc(NS(=O)(=O)CCc2ccccc2Cl)cc1. The minimum atomic E-state index is -3.51. The molecule has 0 bridgehead atoms. The molecule has 0 fully saturated rings. The molecule has 2 rings (SSSR count). The van der Waals surface area contributed by atoms with Crippen molar-refractivity contribution in [2.24, 2.45) is 0 Å². The summed E-state index contributed by atoms with van der Waals surface area (Å²) in [7, 11) is -2.23. The van der Waals surface area contributed by atoms with Crippen molar-refractivity contribution in [1.29, 1.82) is 0 Å². The molecule has 7 heteroatoms. The average Bonchev–Trinajstić information content (AvgIpc) is 2.54. The highest BCUT2D eigenvalue weighted by atomic mass is 35.5. The van der Waals surface area contributed by atoms with Gasteiger partial charge in [0.15, 0.2) is 0 Å². The summed E-state index contributed by atoms with van der Waals surface area (Å²) < 4.78 is 31.3. The highest BCUT2D eigenvalue weighted by Gasteiger charge is 2.12. The third-order valence-electron chi connectivity index (χ3n) is 3.18. The Morgan fingerprint density at radius 1 is 1.13 bits per heavy atom. The Bertz CT molecular complexity index is 788. The Kier molecular flexibility index (Phi) is 5.63. The number of benzene rings is 2. The summed E-state index contributed by atoms with van der Waals surface area (Å²) in [6.07, 6.45) is 0.315. The van der Waals surface area contributed by atoms with Crippen molar-refractivity contribution in [2.45, 2.75) is 6.42 Å². The molecule has 0 radical (unpaired) electrons. The van der Waals surface area contributed by atoms with Crippen molar-refractivity contribution in [3.05, 3.63) is 64.7 Å². The molecule has 0 spiro atoms. The van der Waals surface area contributed by atoms with E-state index in [0.29, 0.717) is 22.7 Å². The van der Waals surface area contributed by atoms with Gasteiger partial charge in [-0.05, 0) is 42.3 Å². The number of esters is 1. The molecule has 23 heavy (non-hydrogen) atoms. The van der Waals surface area contributed by atoms with Crippen LogP contribution in [0.15, 0.2) is 48.5 Å². The number of methoxy groups -OCH3 is 1. The summed E-state index contributed by atoms with van der Waals surface area (Å²) in [6.45, 7) is 0. The number of nitrogens with one attached hydrogen (secondary N) is 1. The average molecular weight is 354 g/mol. The molecule has 0 aliphatic carbocycles. The molecule has 0 amide bonds. The number of sulfonamides is 1. The molecular weight excluding hydrogens is 338 g/mol. The van der Waals surface area contributed by atoms with Crippen LogP contribution < -0.4 is 4.72 Å². The predicted molar refractivity (Wildman–Crippen MR) is 90.3 cm³/mol. The molecule has 0 aliphatic heterocycles. The molecule has 0 heterocycles. The first-order valence-electron chi connectivity index (χ1n) is 6.83. The normalized spacial score (nSPS) is 11.0. The van der Waals surface area contributed by atoms with Crippen LogP contribution in [0.25, 0.3) is 0 Å². The van der Waals surface area contributed by atoms with E-state index >= 15 is 0 Å². The van der Waals surface area contributed by atoms with Gasteiger partial charge in [0.25, 0.3) is 0 Å². The Balaban J connectivity index is 2.01. The van der Waals surface area contributed by atoms with Crippen LogP contribution in [-0.4, -0.2) is 27.2 Å². The third kappa shape index (κ3) is 4.97. The molecule has 0 aromatic heterocycles. The van der Waals surface area contributed by atoms with Gasteiger partial charge in [0.1, 0.15) is 0 Å². The predicted octanol–water partition coefficient (Wildman–Crippen LogP) is 3.11. The quantitative estimate of drug-likeness (QED) is 0.810. The molecule has 2 aromatic rings. The monoisotopic (exact) mass is 353 g/mol. The van der Waals surface area contributed by atoms with E-state index in [1.165, 1.54) is 31.4 Å². The third-order valence-corrected chi connectivity index (χ3v) is 4.83. The zero-order chi connectivity index (χ0) is 16.9. The van der Waals surface area contributed by atoms with Gasteiger partial charge in [0.2, 0.25) is 10.0 Å². The van der Waals surface area contributed by atoms with Gasteiger partial charge in [-0.2, -0.15) is 0 Å². The second-order valence-electron chi connectivity index (χ2n) is 4.83. The molecule has 5 nitrogen and oxygen atoms in total. The standard InChI is InChI=1S/C16H16ClNO4S/c1-22-16(19)13-6-8-14(9-7-13)18-23(20,21)11-10-12-4-2-3-5-15(12)17/h2-9,18H,10-11H2,1H3. The van der Waals surface area contributed by atoms with Gasteiger partial charge in [-0.1, -0.05) is 29.8 Å². The van der Waals surface area contributed by atoms with Crippen LogP contribution in [0.2, 0.25) is 5.02 Å². The summed E-state index contributed by atoms with van der Waals surface area (Å²) in [5, 5.41) is 0.546. The number of aryl methyl sites for hydroxylation is 1. The zero-order valence-electron chi connectivity index (χ0n) is 12.5. The highest BCUT2D eigenvalue weighted by Crippen LogP contribution is 2.17. The second kappa shape index (κ2) is 7.48. The molecule has 0 saturated heterocycles. The minimum Gasteiger partial charge on any atom is -0.465 e. The van der Waals surface area contributed by atoms with Crippen molar-refractivity contribution in [3.63, 3.8) is 0 Å². The molecule has 122 valence electrons. The lowest BCUT2D eigenvalue weighted by Crippen LogP contribution is -2.18. The van der Waals surface area contributed by atoms with Crippen LogP contribution in [-0.2, 0) is 21.2 Å². The molecule has 1 N–H and O–H groups in total. The first kappa shape index (κ1) is 17.3. The van der Waals surface area contributed by atoms with E-state index in [1.807, 2.05) is 6.07 Å². The van der Waals surface area contributed by atoms with Gasteiger partial charge in [0, 0.05) is 10.7 Å². The fraction of sp³-hybridized carbons (Fsp3) is 0.188. The van der Waals surface area contributed by atoms with Crippen LogP contribution >= 0.6 is 11.6 Å². The molecule has 0 aliphatic rings. The lowest BCUT2D eigenvalue weighted by atomic mass is 10.2. The van der Waals surface area contributed by atoms with Crippen molar-refractivity contribution in [3.8, 4) is 0 Å². The summed E-state index contributed by atoms with van der Waals surface area (Å²) in [4.78, 5) is 11.3. The lowest BCUT2D eigenvalue weighted by molar-refractivity contribution is 0.0601. The van der Waals surface area contributed by atoms with Gasteiger partial charge in [-0.3, -0.25) is 4.72 Å². The molecule has 0 saturated carbocycles. The summed E-state index contributed by atoms with van der Waals surface area (Å²) in [5.41, 5.74) is 1.52. The van der Waals surface area contributed by atoms with Crippen molar-refractivity contribution >= 4 is 33.3 Å². The summed E-state index contributed by atoms with van der Waals surface area (Å²) in [6, 6.07) is 13.1. The van der Waals surface area contributed by atoms with Crippen LogP contribution in [0, 0.1) is 0 Å². The molecule has 0 atom stereocenters. The van der Waals surface area contributed by atoms with Crippen molar-refractivity contribution in [1.82, 2.24) is 0 Å². The lowest BCUT2D eigenvalue weighted by Gasteiger charge is -2.09.